The molecule has 0 aromatic carbocycles. The smallest absolute Gasteiger partial charge is 0.158 e. The second-order valence-electron chi connectivity index (χ2n) is 11.0. The summed E-state index contributed by atoms with van der Waals surface area (Å²) in [6, 6.07) is 0. The Morgan fingerprint density at radius 2 is 1.21 bits per heavy atom. The van der Waals surface area contributed by atoms with Crippen LogP contribution >= 0.6 is 0 Å². The maximum Gasteiger partial charge on any atom is 0.158 e. The van der Waals surface area contributed by atoms with E-state index in [1.165, 1.54) is 24.8 Å². The van der Waals surface area contributed by atoms with Gasteiger partial charge >= 0.3 is 0 Å². The summed E-state index contributed by atoms with van der Waals surface area (Å²) in [7, 11) is -3.87. The number of allylic oxidation sites excluding steroid dienone is 2. The van der Waals surface area contributed by atoms with E-state index in [4.69, 9.17) is 4.43 Å². The first kappa shape index (κ1) is 24.6. The predicted molar refractivity (Wildman–Crippen MR) is 124 cm³/mol. The van der Waals surface area contributed by atoms with Gasteiger partial charge in [0.15, 0.2) is 6.87 Å². The molecule has 144 valence electrons. The third-order valence-corrected chi connectivity index (χ3v) is 73.1. The first-order chi connectivity index (χ1) is 10.6. The van der Waals surface area contributed by atoms with E-state index in [0.29, 0.717) is 0 Å². The number of rotatable bonds is 10. The topological polar surface area (TPSA) is 9.23 Å². The van der Waals surface area contributed by atoms with Crippen molar-refractivity contribution in [3.8, 4) is 0 Å². The quantitative estimate of drug-likeness (QED) is 0.283. The molecule has 0 unspecified atom stereocenters. The Kier molecular flexibility index (Phi) is 9.19. The molecule has 0 aromatic rings. The minimum Gasteiger partial charge on any atom is -0.426 e. The fourth-order valence-corrected chi connectivity index (χ4v) is 99.5. The maximum atomic E-state index is 7.13. The van der Waals surface area contributed by atoms with Crippen molar-refractivity contribution in [2.75, 3.05) is 6.61 Å². The van der Waals surface area contributed by atoms with Crippen LogP contribution in [0.1, 0.15) is 40.0 Å². The van der Waals surface area contributed by atoms with Gasteiger partial charge in [0.1, 0.15) is 0 Å². The molecular weight excluding hydrogens is 357 g/mol. The van der Waals surface area contributed by atoms with Gasteiger partial charge in [-0.2, -0.15) is 0 Å². The Morgan fingerprint density at radius 3 is 1.54 bits per heavy atom. The van der Waals surface area contributed by atoms with Crippen LogP contribution in [0.3, 0.4) is 0 Å². The van der Waals surface area contributed by atoms with Gasteiger partial charge in [0.2, 0.25) is 0 Å². The zero-order chi connectivity index (χ0) is 19.4. The SMILES string of the molecule is CC(C)=CCC[C@@H](C)CCO[Si]([Si](C)(C)C)([Si](C)(C)C)[Si](C)(C)C. The molecule has 0 aliphatic carbocycles. The van der Waals surface area contributed by atoms with Gasteiger partial charge in [-0.05, 0) is 39.0 Å². The fourth-order valence-electron chi connectivity index (χ4n) is 5.24. The predicted octanol–water partition coefficient (Wildman–Crippen LogP) is 6.97. The van der Waals surface area contributed by atoms with Crippen molar-refractivity contribution in [2.24, 2.45) is 5.92 Å². The second-order valence-corrected chi connectivity index (χ2v) is 50.5. The number of hydrogen-bond donors (Lipinski definition) is 0. The van der Waals surface area contributed by atoms with Crippen molar-refractivity contribution in [3.05, 3.63) is 11.6 Å². The molecule has 1 nitrogen and oxygen atoms in total. The van der Waals surface area contributed by atoms with E-state index < -0.39 is 29.6 Å². The Labute approximate surface area is 157 Å². The van der Waals surface area contributed by atoms with Crippen LogP contribution in [0.2, 0.25) is 58.9 Å². The molecule has 0 aromatic heterocycles. The van der Waals surface area contributed by atoms with Crippen LogP contribution in [0.25, 0.3) is 0 Å². The molecule has 1 atom stereocenters. The van der Waals surface area contributed by atoms with Gasteiger partial charge < -0.3 is 4.43 Å². The lowest BCUT2D eigenvalue weighted by molar-refractivity contribution is 0.288. The molecule has 0 saturated carbocycles. The minimum atomic E-state index is -1.61. The molecule has 0 amide bonds. The molecule has 0 bridgehead atoms. The van der Waals surface area contributed by atoms with Gasteiger partial charge in [0, 0.05) is 6.61 Å². The molecule has 0 N–H and O–H groups in total. The van der Waals surface area contributed by atoms with Gasteiger partial charge in [-0.3, -0.25) is 0 Å². The van der Waals surface area contributed by atoms with Crippen LogP contribution in [0.4, 0.5) is 0 Å². The third kappa shape index (κ3) is 6.38. The zero-order valence-electron chi connectivity index (χ0n) is 18.9. The summed E-state index contributed by atoms with van der Waals surface area (Å²) in [5, 5.41) is 0. The Balaban J connectivity index is 5.10. The lowest BCUT2D eigenvalue weighted by Crippen LogP contribution is -2.84. The highest BCUT2D eigenvalue weighted by molar-refractivity contribution is 7.87. The molecule has 0 heterocycles. The Morgan fingerprint density at radius 1 is 0.792 bits per heavy atom. The van der Waals surface area contributed by atoms with Crippen molar-refractivity contribution >= 4 is 29.6 Å². The van der Waals surface area contributed by atoms with Crippen molar-refractivity contribution in [1.29, 1.82) is 0 Å². The monoisotopic (exact) mass is 402 g/mol. The highest BCUT2D eigenvalue weighted by atomic mass is 29.9. The zero-order valence-corrected chi connectivity index (χ0v) is 22.9. The van der Waals surface area contributed by atoms with Gasteiger partial charge in [-0.1, -0.05) is 77.5 Å². The van der Waals surface area contributed by atoms with Gasteiger partial charge in [0.05, 0.1) is 22.8 Å². The van der Waals surface area contributed by atoms with Crippen LogP contribution in [0, 0.1) is 5.92 Å². The van der Waals surface area contributed by atoms with Gasteiger partial charge in [0.25, 0.3) is 0 Å². The Bertz CT molecular complexity index is 371. The minimum absolute atomic E-state index is 0.775. The van der Waals surface area contributed by atoms with E-state index in [1.54, 1.807) is 0 Å². The second kappa shape index (κ2) is 8.98. The molecule has 0 spiro atoms. The standard InChI is InChI=1S/C19H46OSi4/c1-18(2)14-13-15-19(3)16-17-20-24(21(4,5)6,22(7,8)9)23(10,11)12/h14,19H,13,15-17H2,1-12H3/t19-/m1/s1. The molecule has 0 rings (SSSR count). The summed E-state index contributed by atoms with van der Waals surface area (Å²) < 4.78 is 7.13. The van der Waals surface area contributed by atoms with Crippen molar-refractivity contribution < 1.29 is 4.43 Å². The van der Waals surface area contributed by atoms with E-state index >= 15 is 0 Å². The normalized spacial score (nSPS) is 15.3. The third-order valence-electron chi connectivity index (χ3n) is 5.31. The summed E-state index contributed by atoms with van der Waals surface area (Å²) in [6.07, 6.45) is 6.14. The van der Waals surface area contributed by atoms with Gasteiger partial charge in [-0.15, -0.1) is 0 Å². The van der Waals surface area contributed by atoms with Crippen LogP contribution in [0.15, 0.2) is 11.6 Å². The van der Waals surface area contributed by atoms with Crippen LogP contribution in [0.5, 0.6) is 0 Å². The van der Waals surface area contributed by atoms with E-state index in [-0.39, 0.29) is 0 Å². The highest BCUT2D eigenvalue weighted by Gasteiger charge is 2.63. The molecule has 0 aliphatic rings. The molecule has 0 aliphatic heterocycles. The highest BCUT2D eigenvalue weighted by Crippen LogP contribution is 2.38. The van der Waals surface area contributed by atoms with Gasteiger partial charge in [-0.25, -0.2) is 0 Å². The fraction of sp³-hybridized carbons (Fsp3) is 0.895. The van der Waals surface area contributed by atoms with Crippen molar-refractivity contribution in [1.82, 2.24) is 0 Å². The van der Waals surface area contributed by atoms with E-state index in [1.807, 2.05) is 0 Å². The molecule has 5 heteroatoms. The van der Waals surface area contributed by atoms with Crippen LogP contribution < -0.4 is 0 Å². The van der Waals surface area contributed by atoms with E-state index in [9.17, 15) is 0 Å². The lowest BCUT2D eigenvalue weighted by atomic mass is 10.0. The summed E-state index contributed by atoms with van der Waals surface area (Å²) in [5.41, 5.74) is 1.45. The van der Waals surface area contributed by atoms with Crippen molar-refractivity contribution in [2.45, 2.75) is 99.0 Å². The summed E-state index contributed by atoms with van der Waals surface area (Å²) >= 11 is 0. The van der Waals surface area contributed by atoms with Crippen molar-refractivity contribution in [3.63, 3.8) is 0 Å². The molecule has 24 heavy (non-hydrogen) atoms. The van der Waals surface area contributed by atoms with E-state index in [2.05, 4.69) is 85.8 Å². The average molecular weight is 403 g/mol. The average Bonchev–Trinajstić information content (AvgIpc) is 2.28. The first-order valence-electron chi connectivity index (χ1n) is 9.83. The summed E-state index contributed by atoms with van der Waals surface area (Å²) in [4.78, 5) is 0. The van der Waals surface area contributed by atoms with Crippen LogP contribution in [-0.4, -0.2) is 36.3 Å². The molecule has 0 fully saturated rings. The first-order valence-corrected chi connectivity index (χ1v) is 25.2. The lowest BCUT2D eigenvalue weighted by Gasteiger charge is -2.56. The summed E-state index contributed by atoms with van der Waals surface area (Å²) in [5.74, 6) is 0.775. The Hall–Kier alpha value is 0.568. The largest absolute Gasteiger partial charge is 0.426 e. The summed E-state index contributed by atoms with van der Waals surface area (Å²) in [6.45, 7) is 29.7. The van der Waals surface area contributed by atoms with E-state index in [0.717, 1.165) is 12.5 Å². The maximum absolute atomic E-state index is 7.13. The molecule has 0 saturated heterocycles. The molecule has 0 radical (unpaired) electrons. The van der Waals surface area contributed by atoms with Crippen LogP contribution in [-0.2, 0) is 4.43 Å². The molecular formula is C19H46OSi4. The number of hydrogen-bond acceptors (Lipinski definition) is 1.